The molecule has 0 N–H and O–H groups in total. The smallest absolute Gasteiger partial charge is 0.312 e. The monoisotopic (exact) mass is 373 g/mol. The number of ether oxygens (including phenoxy) is 2. The van der Waals surface area contributed by atoms with Gasteiger partial charge in [0.15, 0.2) is 5.79 Å². The van der Waals surface area contributed by atoms with Crippen molar-refractivity contribution < 1.29 is 19.1 Å². The van der Waals surface area contributed by atoms with Gasteiger partial charge in [0.05, 0.1) is 13.2 Å². The Hall–Kier alpha value is -1.96. The van der Waals surface area contributed by atoms with Crippen molar-refractivity contribution in [1.82, 2.24) is 14.7 Å². The van der Waals surface area contributed by atoms with Gasteiger partial charge in [-0.3, -0.25) is 14.5 Å². The van der Waals surface area contributed by atoms with E-state index in [-0.39, 0.29) is 11.8 Å². The number of carbonyl (C=O) groups is 2. The Balaban J connectivity index is 1.25. The van der Waals surface area contributed by atoms with Gasteiger partial charge < -0.3 is 19.3 Å². The first kappa shape index (κ1) is 18.4. The lowest BCUT2D eigenvalue weighted by Gasteiger charge is -2.39. The molecule has 0 aromatic heterocycles. The number of hydrogen-bond donors (Lipinski definition) is 0. The third-order valence-corrected chi connectivity index (χ3v) is 5.72. The minimum Gasteiger partial charge on any atom is -0.347 e. The zero-order valence-corrected chi connectivity index (χ0v) is 15.6. The Kier molecular flexibility index (Phi) is 5.43. The van der Waals surface area contributed by atoms with Gasteiger partial charge in [-0.25, -0.2) is 0 Å². The molecule has 0 atom stereocenters. The molecule has 2 amide bonds. The van der Waals surface area contributed by atoms with Crippen molar-refractivity contribution in [2.24, 2.45) is 0 Å². The van der Waals surface area contributed by atoms with E-state index in [9.17, 15) is 9.59 Å². The van der Waals surface area contributed by atoms with E-state index in [2.05, 4.69) is 17.0 Å². The van der Waals surface area contributed by atoms with Crippen LogP contribution in [-0.2, 0) is 25.6 Å². The summed E-state index contributed by atoms with van der Waals surface area (Å²) in [4.78, 5) is 30.9. The van der Waals surface area contributed by atoms with E-state index in [1.54, 1.807) is 9.80 Å². The van der Waals surface area contributed by atoms with Crippen LogP contribution in [0.3, 0.4) is 0 Å². The van der Waals surface area contributed by atoms with E-state index in [0.29, 0.717) is 52.2 Å². The Morgan fingerprint density at radius 3 is 1.96 bits per heavy atom. The zero-order valence-electron chi connectivity index (χ0n) is 15.6. The van der Waals surface area contributed by atoms with Gasteiger partial charge in [0.2, 0.25) is 0 Å². The maximum atomic E-state index is 12.6. The van der Waals surface area contributed by atoms with Crippen molar-refractivity contribution in [2.45, 2.75) is 25.2 Å². The van der Waals surface area contributed by atoms with E-state index in [0.717, 1.165) is 19.6 Å². The molecule has 3 aliphatic rings. The van der Waals surface area contributed by atoms with Crippen molar-refractivity contribution in [3.8, 4) is 0 Å². The minimum absolute atomic E-state index is 0.376. The molecular weight excluding hydrogens is 346 g/mol. The van der Waals surface area contributed by atoms with E-state index in [1.165, 1.54) is 5.56 Å². The van der Waals surface area contributed by atoms with Crippen LogP contribution in [0.25, 0.3) is 0 Å². The van der Waals surface area contributed by atoms with Gasteiger partial charge in [-0.15, -0.1) is 0 Å². The van der Waals surface area contributed by atoms with E-state index < -0.39 is 5.79 Å². The van der Waals surface area contributed by atoms with Crippen LogP contribution in [0.5, 0.6) is 0 Å². The summed E-state index contributed by atoms with van der Waals surface area (Å²) in [7, 11) is 0. The summed E-state index contributed by atoms with van der Waals surface area (Å²) in [5.74, 6) is -1.29. The topological polar surface area (TPSA) is 62.3 Å². The third kappa shape index (κ3) is 4.15. The van der Waals surface area contributed by atoms with E-state index in [1.807, 2.05) is 18.2 Å². The zero-order chi connectivity index (χ0) is 18.7. The number of rotatable bonds is 2. The van der Waals surface area contributed by atoms with Crippen molar-refractivity contribution in [3.05, 3.63) is 35.9 Å². The van der Waals surface area contributed by atoms with Crippen molar-refractivity contribution in [3.63, 3.8) is 0 Å². The van der Waals surface area contributed by atoms with Gasteiger partial charge in [-0.05, 0) is 5.56 Å². The summed E-state index contributed by atoms with van der Waals surface area (Å²) < 4.78 is 11.4. The highest BCUT2D eigenvalue weighted by atomic mass is 16.7. The first-order chi connectivity index (χ1) is 13.2. The van der Waals surface area contributed by atoms with Crippen molar-refractivity contribution in [2.75, 3.05) is 52.5 Å². The molecule has 3 fully saturated rings. The number of piperidine rings is 1. The predicted octanol–water partition coefficient (Wildman–Crippen LogP) is 0.696. The lowest BCUT2D eigenvalue weighted by atomic mass is 10.0. The first-order valence-corrected chi connectivity index (χ1v) is 9.78. The quantitative estimate of drug-likeness (QED) is 0.714. The fraction of sp³-hybridized carbons (Fsp3) is 0.600. The molecule has 0 aliphatic carbocycles. The van der Waals surface area contributed by atoms with Gasteiger partial charge in [-0.1, -0.05) is 30.3 Å². The number of piperazine rings is 1. The Morgan fingerprint density at radius 1 is 0.815 bits per heavy atom. The number of nitrogens with zero attached hydrogens (tertiary/aromatic N) is 3. The standard InChI is InChI=1S/C20H27N3O4/c24-18(22-8-6-20(7-9-22)26-14-15-27-20)19(25)23-12-10-21(11-13-23)16-17-4-2-1-3-5-17/h1-5H,6-16H2. The Morgan fingerprint density at radius 2 is 1.37 bits per heavy atom. The molecule has 3 heterocycles. The summed E-state index contributed by atoms with van der Waals surface area (Å²) in [6.45, 7) is 5.91. The lowest BCUT2D eigenvalue weighted by molar-refractivity contribution is -0.188. The average molecular weight is 373 g/mol. The van der Waals surface area contributed by atoms with Crippen LogP contribution < -0.4 is 0 Å². The van der Waals surface area contributed by atoms with Gasteiger partial charge in [-0.2, -0.15) is 0 Å². The molecule has 1 aromatic carbocycles. The molecule has 7 heteroatoms. The molecule has 0 radical (unpaired) electrons. The molecule has 0 bridgehead atoms. The SMILES string of the molecule is O=C(C(=O)N1CCC2(CC1)OCCO2)N1CCN(Cc2ccccc2)CC1. The van der Waals surface area contributed by atoms with Gasteiger partial charge in [0.25, 0.3) is 0 Å². The van der Waals surface area contributed by atoms with Crippen molar-refractivity contribution >= 4 is 11.8 Å². The molecule has 7 nitrogen and oxygen atoms in total. The van der Waals surface area contributed by atoms with Crippen molar-refractivity contribution in [1.29, 1.82) is 0 Å². The largest absolute Gasteiger partial charge is 0.347 e. The van der Waals surface area contributed by atoms with Crippen LogP contribution >= 0.6 is 0 Å². The number of amides is 2. The summed E-state index contributed by atoms with van der Waals surface area (Å²) in [6, 6.07) is 10.3. The van der Waals surface area contributed by atoms with Crippen LogP contribution in [-0.4, -0.2) is 84.8 Å². The van der Waals surface area contributed by atoms with E-state index in [4.69, 9.17) is 9.47 Å². The third-order valence-electron chi connectivity index (χ3n) is 5.72. The summed E-state index contributed by atoms with van der Waals surface area (Å²) in [5, 5.41) is 0. The fourth-order valence-electron chi connectivity index (χ4n) is 4.06. The molecule has 4 rings (SSSR count). The first-order valence-electron chi connectivity index (χ1n) is 9.78. The van der Waals surface area contributed by atoms with Gasteiger partial charge in [0, 0.05) is 58.7 Å². The highest BCUT2D eigenvalue weighted by Gasteiger charge is 2.42. The summed E-state index contributed by atoms with van der Waals surface area (Å²) >= 11 is 0. The Labute approximate surface area is 159 Å². The average Bonchev–Trinajstić information content (AvgIpc) is 3.17. The van der Waals surface area contributed by atoms with Crippen LogP contribution in [0, 0.1) is 0 Å². The predicted molar refractivity (Wildman–Crippen MR) is 98.7 cm³/mol. The number of likely N-dealkylation sites (tertiary alicyclic amines) is 1. The molecule has 146 valence electrons. The van der Waals surface area contributed by atoms with Crippen LogP contribution in [0.4, 0.5) is 0 Å². The second-order valence-corrected chi connectivity index (χ2v) is 7.45. The molecule has 27 heavy (non-hydrogen) atoms. The maximum Gasteiger partial charge on any atom is 0.312 e. The highest BCUT2D eigenvalue weighted by Crippen LogP contribution is 2.31. The second kappa shape index (κ2) is 7.96. The lowest BCUT2D eigenvalue weighted by Crippen LogP contribution is -2.55. The normalized spacial score (nSPS) is 23.0. The molecule has 0 saturated carbocycles. The summed E-state index contributed by atoms with van der Waals surface area (Å²) in [5.41, 5.74) is 1.27. The Bertz CT molecular complexity index is 657. The maximum absolute atomic E-state index is 12.6. The number of benzene rings is 1. The molecule has 3 aliphatic heterocycles. The van der Waals surface area contributed by atoms with E-state index >= 15 is 0 Å². The molecule has 1 spiro atoms. The van der Waals surface area contributed by atoms with Crippen LogP contribution in [0.15, 0.2) is 30.3 Å². The van der Waals surface area contributed by atoms with Gasteiger partial charge >= 0.3 is 11.8 Å². The van der Waals surface area contributed by atoms with Crippen LogP contribution in [0.1, 0.15) is 18.4 Å². The van der Waals surface area contributed by atoms with Crippen LogP contribution in [0.2, 0.25) is 0 Å². The number of carbonyl (C=O) groups excluding carboxylic acids is 2. The molecule has 0 unspecified atom stereocenters. The minimum atomic E-state index is -0.525. The second-order valence-electron chi connectivity index (χ2n) is 7.45. The summed E-state index contributed by atoms with van der Waals surface area (Å²) in [6.07, 6.45) is 1.27. The molecule has 1 aromatic rings. The fourth-order valence-corrected chi connectivity index (χ4v) is 4.06. The highest BCUT2D eigenvalue weighted by molar-refractivity contribution is 6.34. The van der Waals surface area contributed by atoms with Gasteiger partial charge in [0.1, 0.15) is 0 Å². The molecule has 3 saturated heterocycles. The number of hydrogen-bond acceptors (Lipinski definition) is 5. The molecular formula is C20H27N3O4.